The zero-order valence-electron chi connectivity index (χ0n) is 20.0. The number of carbonyl (C=O) groups is 2. The fraction of sp³-hybridized carbons (Fsp3) is 0.391. The molecule has 8 nitrogen and oxygen atoms in total. The fourth-order valence-corrected chi connectivity index (χ4v) is 4.51. The Labute approximate surface area is 215 Å². The van der Waals surface area contributed by atoms with Crippen molar-refractivity contribution in [2.24, 2.45) is 0 Å². The predicted octanol–water partition coefficient (Wildman–Crippen LogP) is 3.69. The van der Waals surface area contributed by atoms with Crippen LogP contribution in [-0.2, 0) is 26.3 Å². The molecular formula is C23H29Cl2FN4O4S. The number of halogens is 3. The van der Waals surface area contributed by atoms with Gasteiger partial charge in [-0.25, -0.2) is 8.70 Å². The van der Waals surface area contributed by atoms with Crippen LogP contribution in [0.25, 0.3) is 0 Å². The highest BCUT2D eigenvalue weighted by Gasteiger charge is 2.32. The average Bonchev–Trinajstić information content (AvgIpc) is 2.81. The summed E-state index contributed by atoms with van der Waals surface area (Å²) in [6, 6.07) is 8.65. The highest BCUT2D eigenvalue weighted by atomic mass is 35.5. The molecule has 0 bridgehead atoms. The van der Waals surface area contributed by atoms with Gasteiger partial charge in [0.1, 0.15) is 18.4 Å². The summed E-state index contributed by atoms with van der Waals surface area (Å²) in [7, 11) is -1.47. The van der Waals surface area contributed by atoms with E-state index in [9.17, 15) is 22.4 Å². The molecule has 2 amide bonds. The number of nitrogens with zero attached hydrogens (tertiary/aromatic N) is 3. The third kappa shape index (κ3) is 7.54. The van der Waals surface area contributed by atoms with Gasteiger partial charge in [-0.15, -0.1) is 0 Å². The lowest BCUT2D eigenvalue weighted by molar-refractivity contribution is -0.139. The predicted molar refractivity (Wildman–Crippen MR) is 136 cm³/mol. The molecule has 2 rings (SSSR count). The van der Waals surface area contributed by atoms with Crippen LogP contribution in [0, 0.1) is 5.82 Å². The molecule has 35 heavy (non-hydrogen) atoms. The Kier molecular flexibility index (Phi) is 10.3. The van der Waals surface area contributed by atoms with Crippen molar-refractivity contribution in [2.45, 2.75) is 32.9 Å². The van der Waals surface area contributed by atoms with E-state index in [0.29, 0.717) is 23.6 Å². The summed E-state index contributed by atoms with van der Waals surface area (Å²) in [5.74, 6) is -1.57. The number of hydrogen-bond acceptors (Lipinski definition) is 4. The standard InChI is InChI=1S/C23H29Cl2FN4O4S/c1-5-12-27-23(32)16(2)29(14-17-6-11-20(24)21(25)13-17)22(31)15-30(35(33,34)28(3)4)19-9-7-18(26)8-10-19/h6-11,13,16H,5,12,14-15H2,1-4H3,(H,27,32)/t16-/m0/s1. The fourth-order valence-electron chi connectivity index (χ4n) is 3.14. The zero-order valence-corrected chi connectivity index (χ0v) is 22.3. The SMILES string of the molecule is CCCNC(=O)[C@H](C)N(Cc1ccc(Cl)c(Cl)c1)C(=O)CN(c1ccc(F)cc1)S(=O)(=O)N(C)C. The molecule has 0 saturated heterocycles. The van der Waals surface area contributed by atoms with Crippen LogP contribution in [0.4, 0.5) is 10.1 Å². The summed E-state index contributed by atoms with van der Waals surface area (Å²) < 4.78 is 41.4. The molecule has 0 fully saturated rings. The number of hydrogen-bond donors (Lipinski definition) is 1. The van der Waals surface area contributed by atoms with Gasteiger partial charge in [-0.2, -0.15) is 12.7 Å². The third-order valence-electron chi connectivity index (χ3n) is 5.19. The van der Waals surface area contributed by atoms with Crippen LogP contribution < -0.4 is 9.62 Å². The van der Waals surface area contributed by atoms with Crippen LogP contribution in [0.15, 0.2) is 42.5 Å². The van der Waals surface area contributed by atoms with E-state index < -0.39 is 34.5 Å². The van der Waals surface area contributed by atoms with Gasteiger partial charge >= 0.3 is 10.2 Å². The number of rotatable bonds is 11. The van der Waals surface area contributed by atoms with Gasteiger partial charge in [0, 0.05) is 27.2 Å². The van der Waals surface area contributed by atoms with Gasteiger partial charge in [-0.1, -0.05) is 36.2 Å². The van der Waals surface area contributed by atoms with Gasteiger partial charge < -0.3 is 10.2 Å². The third-order valence-corrected chi connectivity index (χ3v) is 7.75. The van der Waals surface area contributed by atoms with Crippen LogP contribution in [-0.4, -0.2) is 62.7 Å². The molecule has 1 N–H and O–H groups in total. The van der Waals surface area contributed by atoms with Gasteiger partial charge in [0.25, 0.3) is 0 Å². The molecule has 0 spiro atoms. The minimum absolute atomic E-state index is 0.0182. The zero-order chi connectivity index (χ0) is 26.3. The summed E-state index contributed by atoms with van der Waals surface area (Å²) in [4.78, 5) is 27.5. The maximum atomic E-state index is 13.5. The first-order valence-electron chi connectivity index (χ1n) is 10.8. The van der Waals surface area contributed by atoms with Gasteiger partial charge in [-0.3, -0.25) is 9.59 Å². The second-order valence-corrected chi connectivity index (χ2v) is 10.9. The van der Waals surface area contributed by atoms with Gasteiger partial charge in [0.15, 0.2) is 0 Å². The monoisotopic (exact) mass is 546 g/mol. The molecule has 0 unspecified atom stereocenters. The first-order chi connectivity index (χ1) is 16.4. The minimum Gasteiger partial charge on any atom is -0.354 e. The first-order valence-corrected chi connectivity index (χ1v) is 13.0. The van der Waals surface area contributed by atoms with E-state index >= 15 is 0 Å². The quantitative estimate of drug-likeness (QED) is 0.465. The lowest BCUT2D eigenvalue weighted by atomic mass is 10.1. The Hall–Kier alpha value is -2.40. The largest absolute Gasteiger partial charge is 0.354 e. The van der Waals surface area contributed by atoms with Crippen molar-refractivity contribution in [2.75, 3.05) is 31.5 Å². The normalized spacial score (nSPS) is 12.3. The van der Waals surface area contributed by atoms with E-state index in [1.807, 2.05) is 6.92 Å². The topological polar surface area (TPSA) is 90.0 Å². The summed E-state index contributed by atoms with van der Waals surface area (Å²) in [6.45, 7) is 3.25. The Balaban J connectivity index is 2.45. The maximum absolute atomic E-state index is 13.5. The average molecular weight is 547 g/mol. The molecule has 0 aliphatic heterocycles. The van der Waals surface area contributed by atoms with Crippen molar-refractivity contribution in [3.8, 4) is 0 Å². The van der Waals surface area contributed by atoms with Crippen LogP contribution >= 0.6 is 23.2 Å². The number of benzene rings is 2. The molecule has 0 aliphatic rings. The Bertz CT molecular complexity index is 1150. The molecular weight excluding hydrogens is 518 g/mol. The van der Waals surface area contributed by atoms with E-state index in [4.69, 9.17) is 23.2 Å². The minimum atomic E-state index is -4.12. The Morgan fingerprint density at radius 3 is 2.23 bits per heavy atom. The molecule has 1 atom stereocenters. The number of anilines is 1. The number of amides is 2. The van der Waals surface area contributed by atoms with Gasteiger partial charge in [0.2, 0.25) is 11.8 Å². The van der Waals surface area contributed by atoms with Gasteiger partial charge in [-0.05, 0) is 55.3 Å². The number of carbonyl (C=O) groups excluding carboxylic acids is 2. The van der Waals surface area contributed by atoms with Crippen molar-refractivity contribution in [1.29, 1.82) is 0 Å². The van der Waals surface area contributed by atoms with Crippen molar-refractivity contribution in [3.63, 3.8) is 0 Å². The van der Waals surface area contributed by atoms with Crippen LogP contribution in [0.2, 0.25) is 10.0 Å². The van der Waals surface area contributed by atoms with Crippen molar-refractivity contribution in [3.05, 3.63) is 63.9 Å². The molecule has 0 aliphatic carbocycles. The molecule has 12 heteroatoms. The molecule has 2 aromatic rings. The second-order valence-electron chi connectivity index (χ2n) is 8.01. The lowest BCUT2D eigenvalue weighted by Gasteiger charge is -2.32. The first kappa shape index (κ1) is 28.8. The van der Waals surface area contributed by atoms with E-state index in [1.165, 1.54) is 31.1 Å². The number of nitrogens with one attached hydrogen (secondary N) is 1. The van der Waals surface area contributed by atoms with Gasteiger partial charge in [0.05, 0.1) is 15.7 Å². The van der Waals surface area contributed by atoms with E-state index in [1.54, 1.807) is 25.1 Å². The Morgan fingerprint density at radius 2 is 1.69 bits per heavy atom. The highest BCUT2D eigenvalue weighted by molar-refractivity contribution is 7.90. The maximum Gasteiger partial charge on any atom is 0.304 e. The molecule has 0 heterocycles. The molecule has 0 aromatic heterocycles. The van der Waals surface area contributed by atoms with Crippen LogP contribution in [0.1, 0.15) is 25.8 Å². The summed E-state index contributed by atoms with van der Waals surface area (Å²) in [6.07, 6.45) is 0.707. The van der Waals surface area contributed by atoms with Crippen molar-refractivity contribution in [1.82, 2.24) is 14.5 Å². The van der Waals surface area contributed by atoms with E-state index in [-0.39, 0.29) is 23.2 Å². The molecule has 2 aromatic carbocycles. The summed E-state index contributed by atoms with van der Waals surface area (Å²) in [5.41, 5.74) is 0.706. The second kappa shape index (κ2) is 12.5. The van der Waals surface area contributed by atoms with Crippen LogP contribution in [0.3, 0.4) is 0 Å². The van der Waals surface area contributed by atoms with E-state index in [2.05, 4.69) is 5.32 Å². The molecule has 192 valence electrons. The molecule has 0 radical (unpaired) electrons. The summed E-state index contributed by atoms with van der Waals surface area (Å²) in [5, 5.41) is 3.37. The highest BCUT2D eigenvalue weighted by Crippen LogP contribution is 2.25. The smallest absolute Gasteiger partial charge is 0.304 e. The Morgan fingerprint density at radius 1 is 1.06 bits per heavy atom. The molecule has 0 saturated carbocycles. The van der Waals surface area contributed by atoms with Crippen molar-refractivity contribution < 1.29 is 22.4 Å². The van der Waals surface area contributed by atoms with Crippen molar-refractivity contribution >= 4 is 50.9 Å². The summed E-state index contributed by atoms with van der Waals surface area (Å²) >= 11 is 12.1. The van der Waals surface area contributed by atoms with Crippen LogP contribution in [0.5, 0.6) is 0 Å². The lowest BCUT2D eigenvalue weighted by Crippen LogP contribution is -2.52. The van der Waals surface area contributed by atoms with E-state index in [0.717, 1.165) is 20.7 Å².